The van der Waals surface area contributed by atoms with Crippen molar-refractivity contribution in [2.45, 2.75) is 31.7 Å². The van der Waals surface area contributed by atoms with Gasteiger partial charge in [0.1, 0.15) is 5.82 Å². The van der Waals surface area contributed by atoms with Crippen LogP contribution in [0.4, 0.5) is 11.8 Å². The average molecular weight is 247 g/mol. The molecule has 1 unspecified atom stereocenters. The van der Waals surface area contributed by atoms with Crippen molar-refractivity contribution in [1.29, 1.82) is 0 Å². The second-order valence-electron chi connectivity index (χ2n) is 5.64. The highest BCUT2D eigenvalue weighted by molar-refractivity contribution is 5.42. The Bertz CT molecular complexity index is 429. The van der Waals surface area contributed by atoms with Crippen molar-refractivity contribution in [2.75, 3.05) is 31.2 Å². The van der Waals surface area contributed by atoms with E-state index in [1.165, 1.54) is 19.3 Å². The molecule has 18 heavy (non-hydrogen) atoms. The molecule has 1 aromatic heterocycles. The minimum absolute atomic E-state index is 0.391. The monoisotopic (exact) mass is 247 g/mol. The lowest BCUT2D eigenvalue weighted by Gasteiger charge is -2.14. The predicted octanol–water partition coefficient (Wildman–Crippen LogP) is 1.13. The molecule has 1 aromatic rings. The van der Waals surface area contributed by atoms with Crippen molar-refractivity contribution < 1.29 is 0 Å². The van der Waals surface area contributed by atoms with Gasteiger partial charge in [0.2, 0.25) is 5.95 Å². The van der Waals surface area contributed by atoms with E-state index in [-0.39, 0.29) is 0 Å². The molecule has 5 heteroatoms. The number of nitrogens with two attached hydrogens (primary N) is 1. The molecule has 1 saturated carbocycles. The van der Waals surface area contributed by atoms with E-state index in [0.29, 0.717) is 12.0 Å². The van der Waals surface area contributed by atoms with Gasteiger partial charge in [-0.1, -0.05) is 0 Å². The summed E-state index contributed by atoms with van der Waals surface area (Å²) in [7, 11) is 2.15. The standard InChI is InChI=1S/C13H21N5/c1-18-5-4-10(8-18)15-12-7-11(6-9-2-3-9)16-13(14)17-12/h7,9-10H,2-6,8H2,1H3,(H3,14,15,16,17). The van der Waals surface area contributed by atoms with Gasteiger partial charge < -0.3 is 16.0 Å². The summed E-state index contributed by atoms with van der Waals surface area (Å²) in [5.41, 5.74) is 6.87. The lowest BCUT2D eigenvalue weighted by Crippen LogP contribution is -2.24. The Kier molecular flexibility index (Phi) is 3.07. The van der Waals surface area contributed by atoms with Gasteiger partial charge in [-0.2, -0.15) is 4.98 Å². The van der Waals surface area contributed by atoms with Crippen LogP contribution in [0, 0.1) is 5.92 Å². The Balaban J connectivity index is 1.68. The molecule has 98 valence electrons. The highest BCUT2D eigenvalue weighted by atomic mass is 15.2. The van der Waals surface area contributed by atoms with E-state index in [1.807, 2.05) is 0 Å². The number of hydrogen-bond donors (Lipinski definition) is 2. The summed E-state index contributed by atoms with van der Waals surface area (Å²) in [6.45, 7) is 2.22. The van der Waals surface area contributed by atoms with Crippen LogP contribution in [0.3, 0.4) is 0 Å². The fourth-order valence-electron chi connectivity index (χ4n) is 2.58. The van der Waals surface area contributed by atoms with E-state index in [2.05, 4.69) is 33.3 Å². The summed E-state index contributed by atoms with van der Waals surface area (Å²) >= 11 is 0. The quantitative estimate of drug-likeness (QED) is 0.835. The van der Waals surface area contributed by atoms with Crippen molar-refractivity contribution >= 4 is 11.8 Å². The second kappa shape index (κ2) is 4.72. The average Bonchev–Trinajstić information content (AvgIpc) is 3.01. The van der Waals surface area contributed by atoms with Gasteiger partial charge in [-0.25, -0.2) is 4.98 Å². The number of hydrogen-bond acceptors (Lipinski definition) is 5. The number of nitrogen functional groups attached to an aromatic ring is 1. The molecule has 5 nitrogen and oxygen atoms in total. The van der Waals surface area contributed by atoms with Crippen LogP contribution in [-0.2, 0) is 6.42 Å². The summed E-state index contributed by atoms with van der Waals surface area (Å²) in [6.07, 6.45) is 4.88. The van der Waals surface area contributed by atoms with Crippen LogP contribution in [0.15, 0.2) is 6.07 Å². The number of nitrogens with zero attached hydrogens (tertiary/aromatic N) is 3. The topological polar surface area (TPSA) is 67.1 Å². The molecule has 2 aliphatic rings. The molecule has 2 fully saturated rings. The Labute approximate surface area is 108 Å². The Morgan fingerprint density at radius 1 is 1.39 bits per heavy atom. The maximum absolute atomic E-state index is 5.78. The molecule has 1 aliphatic heterocycles. The molecular formula is C13H21N5. The molecule has 0 amide bonds. The van der Waals surface area contributed by atoms with Crippen molar-refractivity contribution in [2.24, 2.45) is 5.92 Å². The number of likely N-dealkylation sites (N-methyl/N-ethyl adjacent to an activating group) is 1. The summed E-state index contributed by atoms with van der Waals surface area (Å²) in [6, 6.07) is 2.55. The van der Waals surface area contributed by atoms with Gasteiger partial charge in [0.05, 0.1) is 0 Å². The highest BCUT2D eigenvalue weighted by Gasteiger charge is 2.23. The van der Waals surface area contributed by atoms with E-state index >= 15 is 0 Å². The van der Waals surface area contributed by atoms with Gasteiger partial charge in [0, 0.05) is 24.3 Å². The van der Waals surface area contributed by atoms with Crippen LogP contribution < -0.4 is 11.1 Å². The third-order valence-corrected chi connectivity index (χ3v) is 3.73. The first-order chi connectivity index (χ1) is 8.69. The van der Waals surface area contributed by atoms with Crippen LogP contribution in [0.5, 0.6) is 0 Å². The van der Waals surface area contributed by atoms with Crippen molar-refractivity contribution in [3.8, 4) is 0 Å². The molecule has 3 N–H and O–H groups in total. The van der Waals surface area contributed by atoms with E-state index in [9.17, 15) is 0 Å². The molecule has 1 atom stereocenters. The van der Waals surface area contributed by atoms with Gasteiger partial charge >= 0.3 is 0 Å². The second-order valence-corrected chi connectivity index (χ2v) is 5.64. The van der Waals surface area contributed by atoms with Crippen LogP contribution >= 0.6 is 0 Å². The maximum Gasteiger partial charge on any atom is 0.222 e. The Hall–Kier alpha value is -1.36. The lowest BCUT2D eigenvalue weighted by molar-refractivity contribution is 0.414. The fraction of sp³-hybridized carbons (Fsp3) is 0.692. The smallest absolute Gasteiger partial charge is 0.222 e. The molecule has 1 saturated heterocycles. The zero-order valence-corrected chi connectivity index (χ0v) is 10.9. The maximum atomic E-state index is 5.78. The number of nitrogens with one attached hydrogen (secondary N) is 1. The Morgan fingerprint density at radius 3 is 2.89 bits per heavy atom. The molecular weight excluding hydrogens is 226 g/mol. The molecule has 0 spiro atoms. The molecule has 0 bridgehead atoms. The largest absolute Gasteiger partial charge is 0.368 e. The lowest BCUT2D eigenvalue weighted by atomic mass is 10.2. The van der Waals surface area contributed by atoms with Gasteiger partial charge in [0.15, 0.2) is 0 Å². The van der Waals surface area contributed by atoms with Crippen molar-refractivity contribution in [3.63, 3.8) is 0 Å². The first kappa shape index (κ1) is 11.7. The number of likely N-dealkylation sites (tertiary alicyclic amines) is 1. The van der Waals surface area contributed by atoms with E-state index < -0.39 is 0 Å². The van der Waals surface area contributed by atoms with Gasteiger partial charge in [-0.15, -0.1) is 0 Å². The number of anilines is 2. The normalized spacial score (nSPS) is 24.4. The van der Waals surface area contributed by atoms with Gasteiger partial charge in [-0.3, -0.25) is 0 Å². The molecule has 3 rings (SSSR count). The van der Waals surface area contributed by atoms with Crippen LogP contribution in [-0.4, -0.2) is 41.0 Å². The number of rotatable bonds is 4. The van der Waals surface area contributed by atoms with Gasteiger partial charge in [0.25, 0.3) is 0 Å². The van der Waals surface area contributed by atoms with E-state index in [0.717, 1.165) is 36.9 Å². The fourth-order valence-corrected chi connectivity index (χ4v) is 2.58. The SMILES string of the molecule is CN1CCC(Nc2cc(CC3CC3)nc(N)n2)C1. The van der Waals surface area contributed by atoms with Gasteiger partial charge in [-0.05, 0) is 45.2 Å². The van der Waals surface area contributed by atoms with E-state index in [1.54, 1.807) is 0 Å². The number of aromatic nitrogens is 2. The minimum atomic E-state index is 0.391. The molecule has 1 aliphatic carbocycles. The van der Waals surface area contributed by atoms with Crippen molar-refractivity contribution in [1.82, 2.24) is 14.9 Å². The highest BCUT2D eigenvalue weighted by Crippen LogP contribution is 2.32. The molecule has 0 radical (unpaired) electrons. The van der Waals surface area contributed by atoms with Crippen molar-refractivity contribution in [3.05, 3.63) is 11.8 Å². The van der Waals surface area contributed by atoms with Crippen LogP contribution in [0.25, 0.3) is 0 Å². The first-order valence-electron chi connectivity index (χ1n) is 6.77. The third-order valence-electron chi connectivity index (χ3n) is 3.73. The van der Waals surface area contributed by atoms with Crippen LogP contribution in [0.1, 0.15) is 25.0 Å². The van der Waals surface area contributed by atoms with Crippen LogP contribution in [0.2, 0.25) is 0 Å². The first-order valence-corrected chi connectivity index (χ1v) is 6.77. The summed E-state index contributed by atoms with van der Waals surface area (Å²) < 4.78 is 0. The Morgan fingerprint density at radius 2 is 2.22 bits per heavy atom. The molecule has 2 heterocycles. The predicted molar refractivity (Wildman–Crippen MR) is 72.4 cm³/mol. The zero-order chi connectivity index (χ0) is 12.5. The molecule has 0 aromatic carbocycles. The summed E-state index contributed by atoms with van der Waals surface area (Å²) in [5.74, 6) is 2.10. The zero-order valence-electron chi connectivity index (χ0n) is 10.9. The van der Waals surface area contributed by atoms with E-state index in [4.69, 9.17) is 5.73 Å². The summed E-state index contributed by atoms with van der Waals surface area (Å²) in [5, 5.41) is 3.47. The minimum Gasteiger partial charge on any atom is -0.368 e. The third kappa shape index (κ3) is 2.90. The summed E-state index contributed by atoms with van der Waals surface area (Å²) in [4.78, 5) is 10.9.